The molecule has 1 aromatic carbocycles. The highest BCUT2D eigenvalue weighted by Gasteiger charge is 2.13. The van der Waals surface area contributed by atoms with Crippen LogP contribution in [0.1, 0.15) is 31.4 Å². The molecule has 0 aliphatic rings. The van der Waals surface area contributed by atoms with Crippen LogP contribution in [0, 0.1) is 0 Å². The van der Waals surface area contributed by atoms with Crippen LogP contribution in [0.15, 0.2) is 29.6 Å². The number of nitrogens with two attached hydrogens (primary N) is 1. The predicted octanol–water partition coefficient (Wildman–Crippen LogP) is 3.22. The largest absolute Gasteiger partial charge is 0.381 e. The van der Waals surface area contributed by atoms with E-state index in [0.29, 0.717) is 0 Å². The molecule has 2 aromatic rings. The number of fused-ring (bicyclic) bond motifs is 1. The molecule has 0 aliphatic heterocycles. The van der Waals surface area contributed by atoms with Gasteiger partial charge < -0.3 is 4.74 Å². The Morgan fingerprint density at radius 1 is 1.33 bits per heavy atom. The minimum atomic E-state index is 0.157. The van der Waals surface area contributed by atoms with Gasteiger partial charge in [0.15, 0.2) is 0 Å². The van der Waals surface area contributed by atoms with E-state index in [1.54, 1.807) is 11.3 Å². The van der Waals surface area contributed by atoms with Crippen LogP contribution in [0.5, 0.6) is 0 Å². The lowest BCUT2D eigenvalue weighted by Gasteiger charge is -2.17. The molecule has 0 fully saturated rings. The summed E-state index contributed by atoms with van der Waals surface area (Å²) in [6, 6.07) is 8.66. The molecule has 0 saturated heterocycles. The number of rotatable bonds is 7. The molecule has 0 radical (unpaired) electrons. The summed E-state index contributed by atoms with van der Waals surface area (Å²) in [4.78, 5) is 0. The third-order valence-electron chi connectivity index (χ3n) is 2.99. The van der Waals surface area contributed by atoms with Gasteiger partial charge in [-0.2, -0.15) is 0 Å². The lowest BCUT2D eigenvalue weighted by Crippen LogP contribution is -2.29. The first-order valence-corrected chi connectivity index (χ1v) is 7.24. The van der Waals surface area contributed by atoms with E-state index in [0.717, 1.165) is 26.1 Å². The number of nitrogens with one attached hydrogen (secondary N) is 1. The second kappa shape index (κ2) is 6.85. The number of ether oxygens (including phenoxy) is 1. The van der Waals surface area contributed by atoms with E-state index in [4.69, 9.17) is 10.6 Å². The maximum absolute atomic E-state index is 5.68. The highest BCUT2D eigenvalue weighted by molar-refractivity contribution is 7.17. The smallest absolute Gasteiger partial charge is 0.0496 e. The number of hydrogen-bond acceptors (Lipinski definition) is 4. The van der Waals surface area contributed by atoms with Crippen LogP contribution in [0.4, 0.5) is 0 Å². The molecular formula is C14H20N2OS. The summed E-state index contributed by atoms with van der Waals surface area (Å²) >= 11 is 1.76. The van der Waals surface area contributed by atoms with Crippen molar-refractivity contribution in [1.29, 1.82) is 0 Å². The van der Waals surface area contributed by atoms with Gasteiger partial charge in [-0.3, -0.25) is 11.3 Å². The second-order valence-corrected chi connectivity index (χ2v) is 5.22. The van der Waals surface area contributed by atoms with E-state index in [1.807, 2.05) is 0 Å². The summed E-state index contributed by atoms with van der Waals surface area (Å²) in [5, 5.41) is 3.40. The molecule has 0 spiro atoms. The number of thiophene rings is 1. The van der Waals surface area contributed by atoms with Crippen molar-refractivity contribution in [2.24, 2.45) is 5.84 Å². The zero-order valence-corrected chi connectivity index (χ0v) is 11.5. The van der Waals surface area contributed by atoms with E-state index in [9.17, 15) is 0 Å². The van der Waals surface area contributed by atoms with Crippen molar-refractivity contribution in [3.63, 3.8) is 0 Å². The van der Waals surface area contributed by atoms with Gasteiger partial charge in [0.05, 0.1) is 0 Å². The zero-order chi connectivity index (χ0) is 12.8. The molecule has 98 valence electrons. The molecule has 3 N–H and O–H groups in total. The Bertz CT molecular complexity index is 483. The van der Waals surface area contributed by atoms with E-state index >= 15 is 0 Å². The fraction of sp³-hybridized carbons (Fsp3) is 0.429. The number of benzene rings is 1. The highest BCUT2D eigenvalue weighted by Crippen LogP contribution is 2.30. The molecule has 1 atom stereocenters. The molecule has 1 aromatic heterocycles. The second-order valence-electron chi connectivity index (χ2n) is 4.31. The molecule has 0 aliphatic carbocycles. The third-order valence-corrected chi connectivity index (χ3v) is 3.96. The van der Waals surface area contributed by atoms with Crippen LogP contribution in [0.2, 0.25) is 0 Å². The van der Waals surface area contributed by atoms with E-state index in [2.05, 4.69) is 42.0 Å². The summed E-state index contributed by atoms with van der Waals surface area (Å²) in [7, 11) is 0. The highest BCUT2D eigenvalue weighted by atomic mass is 32.1. The first-order valence-electron chi connectivity index (χ1n) is 6.36. The van der Waals surface area contributed by atoms with E-state index in [-0.39, 0.29) is 6.04 Å². The molecule has 0 amide bonds. The molecule has 1 heterocycles. The Balaban J connectivity index is 2.09. The average molecular weight is 264 g/mol. The predicted molar refractivity (Wildman–Crippen MR) is 77.6 cm³/mol. The zero-order valence-electron chi connectivity index (χ0n) is 10.7. The Morgan fingerprint density at radius 2 is 2.22 bits per heavy atom. The van der Waals surface area contributed by atoms with E-state index < -0.39 is 0 Å². The minimum absolute atomic E-state index is 0.157. The van der Waals surface area contributed by atoms with Gasteiger partial charge in [-0.1, -0.05) is 25.1 Å². The van der Waals surface area contributed by atoms with Gasteiger partial charge in [-0.05, 0) is 35.2 Å². The van der Waals surface area contributed by atoms with Crippen LogP contribution in [0.25, 0.3) is 10.1 Å². The average Bonchev–Trinajstić information content (AvgIpc) is 2.87. The number of hydrogen-bond donors (Lipinski definition) is 2. The monoisotopic (exact) mass is 264 g/mol. The van der Waals surface area contributed by atoms with Crippen molar-refractivity contribution in [3.05, 3.63) is 35.2 Å². The molecule has 18 heavy (non-hydrogen) atoms. The van der Waals surface area contributed by atoms with Crippen LogP contribution in [-0.2, 0) is 4.74 Å². The Labute approximate surface area is 112 Å². The van der Waals surface area contributed by atoms with Crippen molar-refractivity contribution in [2.45, 2.75) is 25.8 Å². The Kier molecular flexibility index (Phi) is 5.13. The molecule has 4 heteroatoms. The van der Waals surface area contributed by atoms with Crippen molar-refractivity contribution >= 4 is 21.4 Å². The summed E-state index contributed by atoms with van der Waals surface area (Å²) in [6.45, 7) is 3.68. The van der Waals surface area contributed by atoms with Gasteiger partial charge in [0.2, 0.25) is 0 Å². The summed E-state index contributed by atoms with van der Waals surface area (Å²) in [5.74, 6) is 5.68. The standard InChI is InChI=1S/C14H20N2OS/c1-2-8-17-9-6-13(16-15)12-5-3-4-11-7-10-18-14(11)12/h3-5,7,10,13,16H,2,6,8-9,15H2,1H3. The molecule has 3 nitrogen and oxygen atoms in total. The quantitative estimate of drug-likeness (QED) is 0.458. The summed E-state index contributed by atoms with van der Waals surface area (Å²) < 4.78 is 6.85. The maximum Gasteiger partial charge on any atom is 0.0496 e. The molecular weight excluding hydrogens is 244 g/mol. The molecule has 1 unspecified atom stereocenters. The molecule has 0 saturated carbocycles. The van der Waals surface area contributed by atoms with Crippen LogP contribution >= 0.6 is 11.3 Å². The minimum Gasteiger partial charge on any atom is -0.381 e. The Hall–Kier alpha value is -0.940. The van der Waals surface area contributed by atoms with Crippen molar-refractivity contribution in [1.82, 2.24) is 5.43 Å². The van der Waals surface area contributed by atoms with Gasteiger partial charge in [-0.25, -0.2) is 0 Å². The fourth-order valence-electron chi connectivity index (χ4n) is 2.07. The molecule has 2 rings (SSSR count). The van der Waals surface area contributed by atoms with Crippen molar-refractivity contribution in [3.8, 4) is 0 Å². The van der Waals surface area contributed by atoms with Gasteiger partial charge in [0.25, 0.3) is 0 Å². The number of hydrazine groups is 1. The van der Waals surface area contributed by atoms with Crippen molar-refractivity contribution in [2.75, 3.05) is 13.2 Å². The van der Waals surface area contributed by atoms with Crippen LogP contribution in [-0.4, -0.2) is 13.2 Å². The van der Waals surface area contributed by atoms with Crippen molar-refractivity contribution < 1.29 is 4.74 Å². The van der Waals surface area contributed by atoms with Crippen LogP contribution < -0.4 is 11.3 Å². The van der Waals surface area contributed by atoms with Gasteiger partial charge in [0.1, 0.15) is 0 Å². The third kappa shape index (κ3) is 3.09. The van der Waals surface area contributed by atoms with E-state index in [1.165, 1.54) is 15.6 Å². The fourth-order valence-corrected chi connectivity index (χ4v) is 3.04. The summed E-state index contributed by atoms with van der Waals surface area (Å²) in [6.07, 6.45) is 1.95. The first kappa shape index (κ1) is 13.5. The summed E-state index contributed by atoms with van der Waals surface area (Å²) in [5.41, 5.74) is 4.17. The Morgan fingerprint density at radius 3 is 3.00 bits per heavy atom. The van der Waals surface area contributed by atoms with Gasteiger partial charge in [0, 0.05) is 24.0 Å². The van der Waals surface area contributed by atoms with Gasteiger partial charge in [-0.15, -0.1) is 11.3 Å². The topological polar surface area (TPSA) is 47.3 Å². The lowest BCUT2D eigenvalue weighted by atomic mass is 10.0. The molecule has 0 bridgehead atoms. The maximum atomic E-state index is 5.68. The SMILES string of the molecule is CCCOCCC(NN)c1cccc2ccsc12. The normalized spacial score (nSPS) is 13.0. The first-order chi connectivity index (χ1) is 8.86. The van der Waals surface area contributed by atoms with Gasteiger partial charge >= 0.3 is 0 Å². The lowest BCUT2D eigenvalue weighted by molar-refractivity contribution is 0.124. The van der Waals surface area contributed by atoms with Crippen LogP contribution in [0.3, 0.4) is 0 Å².